The van der Waals surface area contributed by atoms with E-state index in [0.29, 0.717) is 34.3 Å². The Morgan fingerprint density at radius 3 is 2.83 bits per heavy atom. The Hall–Kier alpha value is -2.05. The average Bonchev–Trinajstić information content (AvgIpc) is 2.97. The Bertz CT molecular complexity index is 851. The van der Waals surface area contributed by atoms with Crippen LogP contribution in [0.3, 0.4) is 0 Å². The van der Waals surface area contributed by atoms with Crippen LogP contribution in [0.5, 0.6) is 0 Å². The van der Waals surface area contributed by atoms with Gasteiger partial charge < -0.3 is 9.73 Å². The molecular formula is C17H14ClFN2O2S. The lowest BCUT2D eigenvalue weighted by molar-refractivity contribution is -0.118. The van der Waals surface area contributed by atoms with E-state index < -0.39 is 0 Å². The second kappa shape index (κ2) is 7.68. The van der Waals surface area contributed by atoms with Crippen LogP contribution < -0.4 is 5.32 Å². The summed E-state index contributed by atoms with van der Waals surface area (Å²) in [6.45, 7) is 0.494. The molecule has 0 aliphatic rings. The van der Waals surface area contributed by atoms with Crippen LogP contribution in [0.2, 0.25) is 5.02 Å². The van der Waals surface area contributed by atoms with Gasteiger partial charge >= 0.3 is 0 Å². The predicted octanol–water partition coefficient (Wildman–Crippen LogP) is 4.07. The molecule has 2 aromatic carbocycles. The number of thioether (sulfide) groups is 1. The number of hydrogen-bond donors (Lipinski definition) is 1. The van der Waals surface area contributed by atoms with E-state index in [1.807, 2.05) is 0 Å². The van der Waals surface area contributed by atoms with Crippen LogP contribution in [-0.4, -0.2) is 23.2 Å². The average molecular weight is 365 g/mol. The van der Waals surface area contributed by atoms with Gasteiger partial charge in [-0.25, -0.2) is 9.37 Å². The summed E-state index contributed by atoms with van der Waals surface area (Å²) in [6, 6.07) is 11.4. The van der Waals surface area contributed by atoms with Crippen molar-refractivity contribution in [3.63, 3.8) is 0 Å². The molecule has 0 fully saturated rings. The van der Waals surface area contributed by atoms with Crippen LogP contribution >= 0.6 is 23.4 Å². The third kappa shape index (κ3) is 4.49. The summed E-state index contributed by atoms with van der Waals surface area (Å²) >= 11 is 7.12. The standard InChI is InChI=1S/C17H14ClFN2O2S/c18-12-3-6-15-14(9-12)21-17(23-15)24-10-16(22)20-8-7-11-1-4-13(19)5-2-11/h1-6,9H,7-8,10H2,(H,20,22). The van der Waals surface area contributed by atoms with Crippen molar-refractivity contribution in [2.24, 2.45) is 0 Å². The molecule has 0 aliphatic carbocycles. The lowest BCUT2D eigenvalue weighted by Crippen LogP contribution is -2.27. The maximum Gasteiger partial charge on any atom is 0.257 e. The van der Waals surface area contributed by atoms with E-state index in [9.17, 15) is 9.18 Å². The Morgan fingerprint density at radius 1 is 1.25 bits per heavy atom. The molecule has 0 saturated heterocycles. The summed E-state index contributed by atoms with van der Waals surface area (Å²) in [6.07, 6.45) is 0.651. The van der Waals surface area contributed by atoms with Gasteiger partial charge in [0.2, 0.25) is 5.91 Å². The number of carbonyl (C=O) groups is 1. The van der Waals surface area contributed by atoms with Crippen molar-refractivity contribution in [3.05, 3.63) is 58.9 Å². The van der Waals surface area contributed by atoms with Crippen molar-refractivity contribution in [1.29, 1.82) is 0 Å². The van der Waals surface area contributed by atoms with Gasteiger partial charge in [0.15, 0.2) is 5.58 Å². The zero-order valence-corrected chi connectivity index (χ0v) is 14.2. The third-order valence-electron chi connectivity index (χ3n) is 3.31. The van der Waals surface area contributed by atoms with Crippen LogP contribution in [0.4, 0.5) is 4.39 Å². The number of amides is 1. The van der Waals surface area contributed by atoms with Crippen molar-refractivity contribution >= 4 is 40.4 Å². The molecule has 0 unspecified atom stereocenters. The van der Waals surface area contributed by atoms with Crippen LogP contribution in [0, 0.1) is 5.82 Å². The highest BCUT2D eigenvalue weighted by atomic mass is 35.5. The summed E-state index contributed by atoms with van der Waals surface area (Å²) in [5.41, 5.74) is 2.28. The zero-order chi connectivity index (χ0) is 16.9. The molecule has 3 aromatic rings. The molecule has 1 amide bonds. The highest BCUT2D eigenvalue weighted by Crippen LogP contribution is 2.25. The van der Waals surface area contributed by atoms with E-state index in [0.717, 1.165) is 5.56 Å². The minimum Gasteiger partial charge on any atom is -0.431 e. The van der Waals surface area contributed by atoms with E-state index in [4.69, 9.17) is 16.0 Å². The van der Waals surface area contributed by atoms with Crippen molar-refractivity contribution in [2.45, 2.75) is 11.6 Å². The Labute approximate surface area is 147 Å². The minimum atomic E-state index is -0.265. The number of halogens is 2. The van der Waals surface area contributed by atoms with Gasteiger partial charge in [-0.15, -0.1) is 0 Å². The Kier molecular flexibility index (Phi) is 5.37. The number of carbonyl (C=O) groups excluding carboxylic acids is 1. The van der Waals surface area contributed by atoms with E-state index in [1.165, 1.54) is 23.9 Å². The van der Waals surface area contributed by atoms with Crippen LogP contribution in [-0.2, 0) is 11.2 Å². The smallest absolute Gasteiger partial charge is 0.257 e. The maximum atomic E-state index is 12.8. The largest absolute Gasteiger partial charge is 0.431 e. The fraction of sp³-hybridized carbons (Fsp3) is 0.176. The lowest BCUT2D eigenvalue weighted by atomic mass is 10.1. The maximum absolute atomic E-state index is 12.8. The first-order chi connectivity index (χ1) is 11.6. The van der Waals surface area contributed by atoms with Gasteiger partial charge in [-0.1, -0.05) is 35.5 Å². The van der Waals surface area contributed by atoms with E-state index in [1.54, 1.807) is 30.3 Å². The van der Waals surface area contributed by atoms with Gasteiger partial charge in [-0.2, -0.15) is 0 Å². The van der Waals surface area contributed by atoms with Crippen molar-refractivity contribution in [2.75, 3.05) is 12.3 Å². The first-order valence-corrected chi connectivity index (χ1v) is 8.66. The van der Waals surface area contributed by atoms with Crippen LogP contribution in [0.25, 0.3) is 11.1 Å². The zero-order valence-electron chi connectivity index (χ0n) is 12.6. The van der Waals surface area contributed by atoms with Gasteiger partial charge in [0.05, 0.1) is 5.75 Å². The molecule has 0 aliphatic heterocycles. The van der Waals surface area contributed by atoms with Gasteiger partial charge in [-0.05, 0) is 42.3 Å². The Balaban J connectivity index is 1.45. The number of nitrogens with zero attached hydrogens (tertiary/aromatic N) is 1. The quantitative estimate of drug-likeness (QED) is 0.670. The van der Waals surface area contributed by atoms with Gasteiger partial charge in [0.25, 0.3) is 5.22 Å². The van der Waals surface area contributed by atoms with E-state index >= 15 is 0 Å². The molecule has 0 bridgehead atoms. The molecule has 124 valence electrons. The fourth-order valence-electron chi connectivity index (χ4n) is 2.12. The first-order valence-electron chi connectivity index (χ1n) is 7.30. The van der Waals surface area contributed by atoms with E-state index in [2.05, 4.69) is 10.3 Å². The molecule has 1 N–H and O–H groups in total. The second-order valence-corrected chi connectivity index (χ2v) is 6.47. The van der Waals surface area contributed by atoms with Crippen LogP contribution in [0.15, 0.2) is 52.1 Å². The van der Waals surface area contributed by atoms with Gasteiger partial charge in [0.1, 0.15) is 11.3 Å². The lowest BCUT2D eigenvalue weighted by Gasteiger charge is -2.04. The molecule has 24 heavy (non-hydrogen) atoms. The van der Waals surface area contributed by atoms with E-state index in [-0.39, 0.29) is 17.5 Å². The van der Waals surface area contributed by atoms with Gasteiger partial charge in [0, 0.05) is 11.6 Å². The number of benzene rings is 2. The number of hydrogen-bond acceptors (Lipinski definition) is 4. The summed E-state index contributed by atoms with van der Waals surface area (Å²) in [5.74, 6) is -0.162. The molecule has 0 radical (unpaired) electrons. The Morgan fingerprint density at radius 2 is 2.04 bits per heavy atom. The molecule has 1 heterocycles. The SMILES string of the molecule is O=C(CSc1nc2cc(Cl)ccc2o1)NCCc1ccc(F)cc1. The molecule has 7 heteroatoms. The van der Waals surface area contributed by atoms with Gasteiger partial charge in [-0.3, -0.25) is 4.79 Å². The second-order valence-electron chi connectivity index (χ2n) is 5.11. The number of aromatic nitrogens is 1. The van der Waals surface area contributed by atoms with Crippen molar-refractivity contribution in [1.82, 2.24) is 10.3 Å². The summed E-state index contributed by atoms with van der Waals surface area (Å²) in [4.78, 5) is 16.1. The number of rotatable bonds is 6. The normalized spacial score (nSPS) is 10.9. The summed E-state index contributed by atoms with van der Waals surface area (Å²) in [7, 11) is 0. The fourth-order valence-corrected chi connectivity index (χ4v) is 2.95. The molecule has 0 atom stereocenters. The minimum absolute atomic E-state index is 0.109. The first kappa shape index (κ1) is 16.8. The molecular weight excluding hydrogens is 351 g/mol. The van der Waals surface area contributed by atoms with Crippen LogP contribution in [0.1, 0.15) is 5.56 Å². The third-order valence-corrected chi connectivity index (χ3v) is 4.37. The summed E-state index contributed by atoms with van der Waals surface area (Å²) in [5, 5.41) is 3.84. The number of fused-ring (bicyclic) bond motifs is 1. The molecule has 1 aromatic heterocycles. The summed E-state index contributed by atoms with van der Waals surface area (Å²) < 4.78 is 18.3. The molecule has 0 spiro atoms. The van der Waals surface area contributed by atoms with Crippen molar-refractivity contribution < 1.29 is 13.6 Å². The topological polar surface area (TPSA) is 55.1 Å². The predicted molar refractivity (Wildman–Crippen MR) is 92.9 cm³/mol. The van der Waals surface area contributed by atoms with Crippen molar-refractivity contribution in [3.8, 4) is 0 Å². The number of oxazole rings is 1. The molecule has 0 saturated carbocycles. The molecule has 3 rings (SSSR count). The highest BCUT2D eigenvalue weighted by Gasteiger charge is 2.09. The highest BCUT2D eigenvalue weighted by molar-refractivity contribution is 7.99. The molecule has 4 nitrogen and oxygen atoms in total. The number of nitrogens with one attached hydrogen (secondary N) is 1. The monoisotopic (exact) mass is 364 g/mol.